The zero-order valence-corrected chi connectivity index (χ0v) is 15.7. The fourth-order valence-corrected chi connectivity index (χ4v) is 7.28. The molecule has 0 bridgehead atoms. The van der Waals surface area contributed by atoms with Crippen molar-refractivity contribution >= 4 is 11.6 Å². The second-order valence-corrected chi connectivity index (χ2v) is 9.54. The molecule has 158 valence electrons. The molecule has 4 aliphatic carbocycles. The van der Waals surface area contributed by atoms with E-state index >= 15 is 0 Å². The molecule has 0 heterocycles. The molecule has 0 amide bonds. The number of Topliss-reactive ketones (excluding diaryl/α,β-unsaturated/α-hetero) is 2. The van der Waals surface area contributed by atoms with Crippen molar-refractivity contribution < 1.29 is 36.6 Å². The van der Waals surface area contributed by atoms with Crippen molar-refractivity contribution in [3.63, 3.8) is 0 Å². The summed E-state index contributed by atoms with van der Waals surface area (Å²) in [4.78, 5) is 24.0. The van der Waals surface area contributed by atoms with E-state index in [1.54, 1.807) is 0 Å². The van der Waals surface area contributed by atoms with Crippen LogP contribution >= 0.6 is 0 Å². The second-order valence-electron chi connectivity index (χ2n) is 9.54. The average molecular weight is 408 g/mol. The largest absolute Gasteiger partial charge is 0.456 e. The Balaban J connectivity index is 1.64. The number of hydrogen-bond donors (Lipinski definition) is 1. The first-order chi connectivity index (χ1) is 12.8. The van der Waals surface area contributed by atoms with Crippen molar-refractivity contribution in [2.24, 2.45) is 35.0 Å². The maximum atomic E-state index is 14.4. The summed E-state index contributed by atoms with van der Waals surface area (Å²) in [5.74, 6) is -6.64. The molecule has 2 unspecified atom stereocenters. The number of alkyl halides is 5. The quantitative estimate of drug-likeness (QED) is 0.520. The summed E-state index contributed by atoms with van der Waals surface area (Å²) < 4.78 is 68.1. The van der Waals surface area contributed by atoms with E-state index in [1.165, 1.54) is 6.92 Å². The summed E-state index contributed by atoms with van der Waals surface area (Å²) >= 11 is 0. The van der Waals surface area contributed by atoms with Gasteiger partial charge < -0.3 is 5.11 Å². The normalized spacial score (nSPS) is 46.8. The van der Waals surface area contributed by atoms with Crippen molar-refractivity contribution in [1.29, 1.82) is 0 Å². The summed E-state index contributed by atoms with van der Waals surface area (Å²) in [6, 6.07) is 0. The van der Waals surface area contributed by atoms with Crippen LogP contribution in [0.2, 0.25) is 0 Å². The van der Waals surface area contributed by atoms with E-state index in [0.717, 1.165) is 0 Å². The molecule has 0 aliphatic heterocycles. The molecule has 0 spiro atoms. The third kappa shape index (κ3) is 2.36. The predicted octanol–water partition coefficient (Wildman–Crippen LogP) is 4.32. The highest BCUT2D eigenvalue weighted by Crippen LogP contribution is 2.69. The van der Waals surface area contributed by atoms with Crippen LogP contribution in [0.1, 0.15) is 58.3 Å². The van der Waals surface area contributed by atoms with Crippen LogP contribution in [0.3, 0.4) is 0 Å². The Morgan fingerprint density at radius 3 is 2.21 bits per heavy atom. The molecule has 0 aromatic rings. The van der Waals surface area contributed by atoms with Crippen LogP contribution < -0.4 is 0 Å². The van der Waals surface area contributed by atoms with E-state index in [1.807, 2.05) is 0 Å². The Kier molecular flexibility index (Phi) is 4.33. The van der Waals surface area contributed by atoms with Gasteiger partial charge in [0.1, 0.15) is 5.60 Å². The Labute approximate surface area is 160 Å². The number of fused-ring (bicyclic) bond motifs is 5. The van der Waals surface area contributed by atoms with Gasteiger partial charge in [-0.15, -0.1) is 0 Å². The van der Waals surface area contributed by atoms with Gasteiger partial charge in [-0.05, 0) is 68.6 Å². The molecule has 0 saturated heterocycles. The number of rotatable bonds is 1. The van der Waals surface area contributed by atoms with Crippen LogP contribution in [-0.2, 0) is 9.59 Å². The van der Waals surface area contributed by atoms with Crippen molar-refractivity contribution in [2.45, 2.75) is 76.0 Å². The number of hydrogen-bond acceptors (Lipinski definition) is 3. The van der Waals surface area contributed by atoms with E-state index in [9.17, 15) is 36.6 Å². The summed E-state index contributed by atoms with van der Waals surface area (Å²) in [7, 11) is 0. The first-order valence-electron chi connectivity index (χ1n) is 10.1. The molecule has 28 heavy (non-hydrogen) atoms. The van der Waals surface area contributed by atoms with Gasteiger partial charge in [-0.2, -0.15) is 22.0 Å². The Hall–Kier alpha value is -1.05. The van der Waals surface area contributed by atoms with Gasteiger partial charge in [-0.1, -0.05) is 6.92 Å². The Bertz CT molecular complexity index is 704. The van der Waals surface area contributed by atoms with Crippen LogP contribution in [0.15, 0.2) is 0 Å². The van der Waals surface area contributed by atoms with Crippen LogP contribution in [-0.4, -0.2) is 34.4 Å². The molecule has 0 radical (unpaired) electrons. The van der Waals surface area contributed by atoms with Crippen molar-refractivity contribution in [1.82, 2.24) is 0 Å². The van der Waals surface area contributed by atoms with Crippen molar-refractivity contribution in [3.05, 3.63) is 0 Å². The van der Waals surface area contributed by atoms with E-state index in [0.29, 0.717) is 25.7 Å². The monoisotopic (exact) mass is 408 g/mol. The average Bonchev–Trinajstić information content (AvgIpc) is 2.90. The highest BCUT2D eigenvalue weighted by Gasteiger charge is 2.78. The highest BCUT2D eigenvalue weighted by atomic mass is 19.4. The zero-order valence-electron chi connectivity index (χ0n) is 15.7. The topological polar surface area (TPSA) is 54.4 Å². The van der Waals surface area contributed by atoms with Crippen LogP contribution in [0.25, 0.3) is 0 Å². The maximum absolute atomic E-state index is 14.4. The van der Waals surface area contributed by atoms with Gasteiger partial charge >= 0.3 is 12.1 Å². The van der Waals surface area contributed by atoms with Gasteiger partial charge in [0.2, 0.25) is 5.78 Å². The number of carbonyl (C=O) groups is 2. The summed E-state index contributed by atoms with van der Waals surface area (Å²) in [5, 5.41) is 10.7. The third-order valence-corrected chi connectivity index (χ3v) is 8.71. The molecule has 0 aromatic carbocycles. The highest BCUT2D eigenvalue weighted by molar-refractivity contribution is 6.38. The number of carbonyl (C=O) groups excluding carboxylic acids is 2. The van der Waals surface area contributed by atoms with Gasteiger partial charge in [-0.25, -0.2) is 0 Å². The molecule has 4 saturated carbocycles. The van der Waals surface area contributed by atoms with Gasteiger partial charge in [0.15, 0.2) is 5.78 Å². The summed E-state index contributed by atoms with van der Waals surface area (Å²) in [6.07, 6.45) is -3.95. The molecule has 3 nitrogen and oxygen atoms in total. The van der Waals surface area contributed by atoms with E-state index in [2.05, 4.69) is 0 Å². The molecule has 4 aliphatic rings. The lowest BCUT2D eigenvalue weighted by Gasteiger charge is -2.57. The molecule has 8 heteroatoms. The molecule has 0 aromatic heterocycles. The second kappa shape index (κ2) is 5.99. The van der Waals surface area contributed by atoms with E-state index in [4.69, 9.17) is 0 Å². The van der Waals surface area contributed by atoms with Crippen molar-refractivity contribution in [2.75, 3.05) is 0 Å². The smallest absolute Gasteiger partial charge is 0.383 e. The first kappa shape index (κ1) is 20.2. The molecule has 4 fully saturated rings. The Morgan fingerprint density at radius 2 is 1.57 bits per heavy atom. The van der Waals surface area contributed by atoms with Crippen LogP contribution in [0, 0.1) is 35.0 Å². The number of ketones is 2. The fourth-order valence-electron chi connectivity index (χ4n) is 7.28. The molecular weight excluding hydrogens is 383 g/mol. The SMILES string of the molecule is C[C@]12CC[C@H]3[C@@H](CCC4C(=O)C(=O)CC[C@@H]43)[C@@H]1CCC2(O)C(F)(F)C(F)(F)F. The van der Waals surface area contributed by atoms with Crippen molar-refractivity contribution in [3.8, 4) is 0 Å². The van der Waals surface area contributed by atoms with Gasteiger partial charge in [0.05, 0.1) is 0 Å². The summed E-state index contributed by atoms with van der Waals surface area (Å²) in [5.41, 5.74) is -4.63. The summed E-state index contributed by atoms with van der Waals surface area (Å²) in [6.45, 7) is 1.39. The van der Waals surface area contributed by atoms with E-state index < -0.39 is 35.5 Å². The number of aliphatic hydroxyl groups is 1. The standard InChI is InChI=1S/C20H25F5O3/c1-17-8-6-11-10-4-5-15(26)16(27)13(10)3-2-12(11)14(17)7-9-18(17,28)19(21,22)20(23,24)25/h10-14,28H,2-9H2,1H3/t10-,11-,12-,13?,14+,17+,18?/m1/s1. The van der Waals surface area contributed by atoms with Gasteiger partial charge in [-0.3, -0.25) is 9.59 Å². The Morgan fingerprint density at radius 1 is 0.893 bits per heavy atom. The van der Waals surface area contributed by atoms with Gasteiger partial charge in [0, 0.05) is 17.8 Å². The van der Waals surface area contributed by atoms with Gasteiger partial charge in [0.25, 0.3) is 0 Å². The zero-order chi connectivity index (χ0) is 20.7. The van der Waals surface area contributed by atoms with Crippen LogP contribution in [0.5, 0.6) is 0 Å². The predicted molar refractivity (Wildman–Crippen MR) is 88.5 cm³/mol. The maximum Gasteiger partial charge on any atom is 0.456 e. The first-order valence-corrected chi connectivity index (χ1v) is 10.1. The lowest BCUT2D eigenvalue weighted by molar-refractivity contribution is -0.363. The molecular formula is C20H25F5O3. The minimum absolute atomic E-state index is 0.00493. The molecule has 1 N–H and O–H groups in total. The fraction of sp³-hybridized carbons (Fsp3) is 0.900. The number of halogens is 5. The third-order valence-electron chi connectivity index (χ3n) is 8.71. The molecule has 4 rings (SSSR count). The minimum atomic E-state index is -5.80. The van der Waals surface area contributed by atoms with Crippen LogP contribution in [0.4, 0.5) is 22.0 Å². The minimum Gasteiger partial charge on any atom is -0.383 e. The lowest BCUT2D eigenvalue weighted by atomic mass is 9.48. The lowest BCUT2D eigenvalue weighted by Crippen LogP contribution is -2.65. The molecule has 7 atom stereocenters. The van der Waals surface area contributed by atoms with E-state index in [-0.39, 0.29) is 54.5 Å².